The van der Waals surface area contributed by atoms with Crippen molar-refractivity contribution in [2.75, 3.05) is 0 Å². The molecule has 0 unspecified atom stereocenters. The largest absolute Gasteiger partial charge is 0.0776 e. The molecule has 0 saturated carbocycles. The molecule has 0 amide bonds. The summed E-state index contributed by atoms with van der Waals surface area (Å²) in [6, 6.07) is 36.2. The maximum atomic E-state index is 2.28. The van der Waals surface area contributed by atoms with Crippen LogP contribution >= 0.6 is 0 Å². The average molecular weight is 565 g/mol. The van der Waals surface area contributed by atoms with E-state index in [1.54, 1.807) is 0 Å². The molecule has 4 aromatic rings. The Morgan fingerprint density at radius 1 is 0.317 bits per heavy atom. The Kier molecular flexibility index (Phi) is 41.4. The summed E-state index contributed by atoms with van der Waals surface area (Å²) in [7, 11) is 0. The molecule has 236 valence electrons. The van der Waals surface area contributed by atoms with Crippen LogP contribution in [-0.4, -0.2) is 0 Å². The minimum atomic E-state index is 0. The first kappa shape index (κ1) is 50.9. The molecular formula is C41H72. The molecule has 0 spiro atoms. The number of benzene rings is 4. The highest BCUT2D eigenvalue weighted by molar-refractivity contribution is 5.83. The zero-order valence-corrected chi connectivity index (χ0v) is 26.0. The lowest BCUT2D eigenvalue weighted by molar-refractivity contribution is 0.867. The van der Waals surface area contributed by atoms with Gasteiger partial charge in [0.1, 0.15) is 0 Å². The van der Waals surface area contributed by atoms with Gasteiger partial charge in [0.2, 0.25) is 0 Å². The van der Waals surface area contributed by atoms with Crippen molar-refractivity contribution in [2.24, 2.45) is 0 Å². The minimum absolute atomic E-state index is 0. The van der Waals surface area contributed by atoms with Crippen molar-refractivity contribution in [1.29, 1.82) is 0 Å². The first-order chi connectivity index (χ1) is 17.9. The summed E-state index contributed by atoms with van der Waals surface area (Å²) in [6.07, 6.45) is 0. The van der Waals surface area contributed by atoms with E-state index in [0.717, 1.165) is 0 Å². The fraction of sp³-hybridized carbons (Fsp3) is 0.463. The van der Waals surface area contributed by atoms with Crippen LogP contribution < -0.4 is 0 Å². The smallest absolute Gasteiger partial charge is 0.0181 e. The van der Waals surface area contributed by atoms with Crippen LogP contribution in [0, 0.1) is 0 Å². The number of fused-ring (bicyclic) bond motifs is 1. The highest BCUT2D eigenvalue weighted by atomic mass is 14.0. The van der Waals surface area contributed by atoms with Crippen molar-refractivity contribution in [3.63, 3.8) is 0 Å². The maximum Gasteiger partial charge on any atom is -0.0181 e. The van der Waals surface area contributed by atoms with Gasteiger partial charge in [-0.05, 0) is 45.2 Å². The maximum absolute atomic E-state index is 2.28. The lowest BCUT2D eigenvalue weighted by atomic mass is 9.99. The Bertz CT molecular complexity index is 952. The number of rotatable bonds is 3. The monoisotopic (exact) mass is 565 g/mol. The van der Waals surface area contributed by atoms with E-state index in [4.69, 9.17) is 0 Å². The van der Waals surface area contributed by atoms with Crippen molar-refractivity contribution >= 4 is 10.8 Å². The summed E-state index contributed by atoms with van der Waals surface area (Å²) in [5, 5.41) is 2.67. The molecule has 0 fully saturated rings. The van der Waals surface area contributed by atoms with Crippen LogP contribution in [0.3, 0.4) is 0 Å². The molecule has 0 bridgehead atoms. The van der Waals surface area contributed by atoms with E-state index in [9.17, 15) is 0 Å². The molecule has 0 aliphatic heterocycles. The molecule has 4 aromatic carbocycles. The van der Waals surface area contributed by atoms with E-state index in [-0.39, 0.29) is 29.7 Å². The normalized spacial score (nSPS) is 8.37. The van der Waals surface area contributed by atoms with E-state index < -0.39 is 0 Å². The Morgan fingerprint density at radius 2 is 0.610 bits per heavy atom. The Morgan fingerprint density at radius 3 is 0.902 bits per heavy atom. The van der Waals surface area contributed by atoms with Gasteiger partial charge < -0.3 is 0 Å². The van der Waals surface area contributed by atoms with Gasteiger partial charge in [-0.1, -0.05) is 216 Å². The second-order valence-electron chi connectivity index (χ2n) is 8.89. The SMILES string of the molecule is C.C.C.C.CC.CC.CC.CC(C)c1ccc2ccccc2c1.CC(C)c1ccccc1.CC(C)c1ccccc1. The van der Waals surface area contributed by atoms with Crippen molar-refractivity contribution in [3.8, 4) is 0 Å². The van der Waals surface area contributed by atoms with E-state index in [2.05, 4.69) is 133 Å². The van der Waals surface area contributed by atoms with E-state index in [1.165, 1.54) is 27.5 Å². The van der Waals surface area contributed by atoms with Crippen LogP contribution in [0.15, 0.2) is 103 Å². The van der Waals surface area contributed by atoms with Crippen LogP contribution in [0.1, 0.15) is 147 Å². The van der Waals surface area contributed by atoms with Gasteiger partial charge in [0, 0.05) is 0 Å². The zero-order valence-electron chi connectivity index (χ0n) is 26.0. The average Bonchev–Trinajstić information content (AvgIpc) is 2.97. The highest BCUT2D eigenvalue weighted by Gasteiger charge is 1.99. The summed E-state index contributed by atoms with van der Waals surface area (Å²) in [4.78, 5) is 0. The van der Waals surface area contributed by atoms with Gasteiger partial charge in [0.05, 0.1) is 0 Å². The Balaban J connectivity index is -0.0000000997. The Hall–Kier alpha value is -2.86. The first-order valence-electron chi connectivity index (χ1n) is 14.5. The van der Waals surface area contributed by atoms with E-state index in [1.807, 2.05) is 53.7 Å². The van der Waals surface area contributed by atoms with Gasteiger partial charge >= 0.3 is 0 Å². The predicted octanol–water partition coefficient (Wildman–Crippen LogP) is 15.2. The standard InChI is InChI=1S/C13H14.2C9H12.3C2H6.4CH4/c1-10(2)12-8-7-11-5-3-4-6-13(11)9-12;2*1-8(2)9-6-4-3-5-7-9;3*1-2;;;;/h3-10H,1-2H3;2*3-8H,1-2H3;3*1-2H3;4*1H4. The summed E-state index contributed by atoms with van der Waals surface area (Å²) < 4.78 is 0. The second-order valence-corrected chi connectivity index (χ2v) is 8.89. The molecule has 0 aliphatic carbocycles. The molecule has 4 rings (SSSR count). The van der Waals surface area contributed by atoms with Crippen LogP contribution in [-0.2, 0) is 0 Å². The molecule has 0 saturated heterocycles. The topological polar surface area (TPSA) is 0 Å². The van der Waals surface area contributed by atoms with Crippen LogP contribution in [0.2, 0.25) is 0 Å². The third-order valence-corrected chi connectivity index (χ3v) is 5.37. The molecule has 0 heterocycles. The van der Waals surface area contributed by atoms with Gasteiger partial charge in [0.25, 0.3) is 0 Å². The van der Waals surface area contributed by atoms with Crippen LogP contribution in [0.5, 0.6) is 0 Å². The molecule has 0 nitrogen and oxygen atoms in total. The van der Waals surface area contributed by atoms with Crippen molar-refractivity contribution in [1.82, 2.24) is 0 Å². The van der Waals surface area contributed by atoms with Gasteiger partial charge in [0.15, 0.2) is 0 Å². The van der Waals surface area contributed by atoms with Gasteiger partial charge in [-0.15, -0.1) is 0 Å². The molecule has 0 heteroatoms. The van der Waals surface area contributed by atoms with E-state index in [0.29, 0.717) is 17.8 Å². The predicted molar refractivity (Wildman–Crippen MR) is 200 cm³/mol. The molecule has 0 aliphatic rings. The summed E-state index contributed by atoms with van der Waals surface area (Å²) in [6.45, 7) is 25.3. The first-order valence-corrected chi connectivity index (χ1v) is 14.5. The zero-order chi connectivity index (χ0) is 28.6. The molecule has 0 aromatic heterocycles. The molecule has 0 atom stereocenters. The third kappa shape index (κ3) is 22.5. The molecule has 41 heavy (non-hydrogen) atoms. The minimum Gasteiger partial charge on any atom is -0.0776 e. The van der Waals surface area contributed by atoms with Gasteiger partial charge in [-0.25, -0.2) is 0 Å². The number of hydrogen-bond donors (Lipinski definition) is 0. The quantitative estimate of drug-likeness (QED) is 0.232. The van der Waals surface area contributed by atoms with E-state index >= 15 is 0 Å². The third-order valence-electron chi connectivity index (χ3n) is 5.37. The lowest BCUT2D eigenvalue weighted by Crippen LogP contribution is -1.85. The molecular weight excluding hydrogens is 492 g/mol. The van der Waals surface area contributed by atoms with Gasteiger partial charge in [-0.2, -0.15) is 0 Å². The number of hydrogen-bond acceptors (Lipinski definition) is 0. The van der Waals surface area contributed by atoms with Crippen molar-refractivity contribution in [3.05, 3.63) is 120 Å². The molecule has 0 radical (unpaired) electrons. The van der Waals surface area contributed by atoms with Gasteiger partial charge in [-0.3, -0.25) is 0 Å². The summed E-state index contributed by atoms with van der Waals surface area (Å²) >= 11 is 0. The summed E-state index contributed by atoms with van der Waals surface area (Å²) in [5.74, 6) is 1.93. The summed E-state index contributed by atoms with van der Waals surface area (Å²) in [5.41, 5.74) is 4.24. The lowest BCUT2D eigenvalue weighted by Gasteiger charge is -2.06. The second kappa shape index (κ2) is 33.3. The van der Waals surface area contributed by atoms with Crippen LogP contribution in [0.25, 0.3) is 10.8 Å². The van der Waals surface area contributed by atoms with Crippen molar-refractivity contribution in [2.45, 2.75) is 131 Å². The fourth-order valence-corrected chi connectivity index (χ4v) is 3.24. The highest BCUT2D eigenvalue weighted by Crippen LogP contribution is 2.20. The van der Waals surface area contributed by atoms with Crippen molar-refractivity contribution < 1.29 is 0 Å². The Labute approximate surface area is 260 Å². The fourth-order valence-electron chi connectivity index (χ4n) is 3.24. The van der Waals surface area contributed by atoms with Crippen LogP contribution in [0.4, 0.5) is 0 Å². The molecule has 0 N–H and O–H groups in total.